The van der Waals surface area contributed by atoms with Gasteiger partial charge in [0.2, 0.25) is 5.78 Å². The first-order valence-electron chi connectivity index (χ1n) is 5.75. The zero-order chi connectivity index (χ0) is 13.1. The smallest absolute Gasteiger partial charge is 0.204 e. The van der Waals surface area contributed by atoms with Gasteiger partial charge in [-0.25, -0.2) is 9.67 Å². The summed E-state index contributed by atoms with van der Waals surface area (Å²) in [4.78, 5) is 16.2. The second kappa shape index (κ2) is 5.44. The monoisotopic (exact) mass is 307 g/mol. The molecule has 1 heterocycles. The average molecular weight is 308 g/mol. The van der Waals surface area contributed by atoms with Gasteiger partial charge in [-0.2, -0.15) is 5.10 Å². The van der Waals surface area contributed by atoms with Crippen molar-refractivity contribution in [3.63, 3.8) is 0 Å². The van der Waals surface area contributed by atoms with Gasteiger partial charge in [-0.3, -0.25) is 4.79 Å². The first-order chi connectivity index (χ1) is 8.58. The third kappa shape index (κ3) is 2.85. The number of carbonyl (C=O) groups is 1. The van der Waals surface area contributed by atoms with E-state index in [1.54, 1.807) is 4.68 Å². The van der Waals surface area contributed by atoms with E-state index >= 15 is 0 Å². The summed E-state index contributed by atoms with van der Waals surface area (Å²) < 4.78 is 2.66. The van der Waals surface area contributed by atoms with Gasteiger partial charge in [0, 0.05) is 16.9 Å². The van der Waals surface area contributed by atoms with E-state index in [9.17, 15) is 4.79 Å². The maximum absolute atomic E-state index is 12.2. The van der Waals surface area contributed by atoms with Crippen LogP contribution >= 0.6 is 15.9 Å². The van der Waals surface area contributed by atoms with Gasteiger partial charge in [-0.15, -0.1) is 0 Å². The SMILES string of the molecule is CC(C)n1ncnc1C(=O)Cc1ccc(Br)cc1. The molecule has 5 heteroatoms. The van der Waals surface area contributed by atoms with E-state index < -0.39 is 0 Å². The number of halogens is 1. The molecule has 0 saturated heterocycles. The summed E-state index contributed by atoms with van der Waals surface area (Å²) in [5.74, 6) is 0.413. The van der Waals surface area contributed by atoms with Crippen molar-refractivity contribution in [1.29, 1.82) is 0 Å². The van der Waals surface area contributed by atoms with E-state index in [1.807, 2.05) is 38.1 Å². The van der Waals surface area contributed by atoms with Gasteiger partial charge in [-0.1, -0.05) is 28.1 Å². The van der Waals surface area contributed by atoms with Crippen molar-refractivity contribution in [2.45, 2.75) is 26.3 Å². The molecule has 0 radical (unpaired) electrons. The highest BCUT2D eigenvalue weighted by Gasteiger charge is 2.16. The van der Waals surface area contributed by atoms with Crippen LogP contribution in [0.3, 0.4) is 0 Å². The average Bonchev–Trinajstić information content (AvgIpc) is 2.81. The molecule has 0 aliphatic rings. The summed E-state index contributed by atoms with van der Waals surface area (Å²) in [7, 11) is 0. The number of aromatic nitrogens is 3. The molecule has 4 nitrogen and oxygen atoms in total. The van der Waals surface area contributed by atoms with E-state index in [1.165, 1.54) is 6.33 Å². The van der Waals surface area contributed by atoms with Crippen LogP contribution in [0.25, 0.3) is 0 Å². The lowest BCUT2D eigenvalue weighted by atomic mass is 10.1. The van der Waals surface area contributed by atoms with Crippen molar-refractivity contribution in [3.8, 4) is 0 Å². The Labute approximate surface area is 114 Å². The van der Waals surface area contributed by atoms with E-state index in [2.05, 4.69) is 26.0 Å². The molecule has 0 unspecified atom stereocenters. The molecule has 0 fully saturated rings. The lowest BCUT2D eigenvalue weighted by molar-refractivity contribution is 0.0975. The van der Waals surface area contributed by atoms with E-state index in [0.717, 1.165) is 10.0 Å². The second-order valence-electron chi connectivity index (χ2n) is 4.35. The van der Waals surface area contributed by atoms with Crippen LogP contribution in [0.15, 0.2) is 35.1 Å². The Morgan fingerprint density at radius 2 is 2.00 bits per heavy atom. The highest BCUT2D eigenvalue weighted by atomic mass is 79.9. The van der Waals surface area contributed by atoms with E-state index in [4.69, 9.17) is 0 Å². The summed E-state index contributed by atoms with van der Waals surface area (Å²) in [5.41, 5.74) is 0.974. The van der Waals surface area contributed by atoms with Crippen LogP contribution in [0.5, 0.6) is 0 Å². The van der Waals surface area contributed by atoms with Crippen LogP contribution in [-0.4, -0.2) is 20.5 Å². The maximum Gasteiger partial charge on any atom is 0.204 e. The van der Waals surface area contributed by atoms with Crippen molar-refractivity contribution >= 4 is 21.7 Å². The Balaban J connectivity index is 2.17. The number of ketones is 1. The molecule has 2 rings (SSSR count). The first-order valence-corrected chi connectivity index (χ1v) is 6.54. The van der Waals surface area contributed by atoms with Crippen LogP contribution in [0.2, 0.25) is 0 Å². The van der Waals surface area contributed by atoms with Crippen molar-refractivity contribution in [2.75, 3.05) is 0 Å². The molecule has 0 bridgehead atoms. The van der Waals surface area contributed by atoms with E-state index in [-0.39, 0.29) is 11.8 Å². The van der Waals surface area contributed by atoms with Gasteiger partial charge in [0.1, 0.15) is 6.33 Å². The van der Waals surface area contributed by atoms with Crippen molar-refractivity contribution in [3.05, 3.63) is 46.5 Å². The minimum Gasteiger partial charge on any atom is -0.290 e. The third-order valence-corrected chi connectivity index (χ3v) is 3.12. The molecule has 2 aromatic rings. The molecular formula is C13H14BrN3O. The number of Topliss-reactive ketones (excluding diaryl/α,β-unsaturated/α-hetero) is 1. The van der Waals surface area contributed by atoms with Crippen LogP contribution in [0, 0.1) is 0 Å². The summed E-state index contributed by atoms with van der Waals surface area (Å²) in [6, 6.07) is 7.85. The maximum atomic E-state index is 12.2. The molecule has 0 N–H and O–H groups in total. The Bertz CT molecular complexity index is 546. The number of nitrogens with zero attached hydrogens (tertiary/aromatic N) is 3. The summed E-state index contributed by atoms with van der Waals surface area (Å²) in [6.45, 7) is 3.95. The first kappa shape index (κ1) is 13.0. The third-order valence-electron chi connectivity index (χ3n) is 2.59. The quantitative estimate of drug-likeness (QED) is 0.816. The molecule has 18 heavy (non-hydrogen) atoms. The van der Waals surface area contributed by atoms with Gasteiger partial charge < -0.3 is 0 Å². The van der Waals surface area contributed by atoms with Crippen molar-refractivity contribution in [2.24, 2.45) is 0 Å². The fraction of sp³-hybridized carbons (Fsp3) is 0.308. The minimum atomic E-state index is -0.0106. The number of hydrogen-bond acceptors (Lipinski definition) is 3. The van der Waals surface area contributed by atoms with Gasteiger partial charge in [0.15, 0.2) is 5.82 Å². The van der Waals surface area contributed by atoms with Crippen molar-refractivity contribution < 1.29 is 4.79 Å². The fourth-order valence-corrected chi connectivity index (χ4v) is 1.96. The number of hydrogen-bond donors (Lipinski definition) is 0. The van der Waals surface area contributed by atoms with E-state index in [0.29, 0.717) is 12.2 Å². The Morgan fingerprint density at radius 1 is 1.33 bits per heavy atom. The van der Waals surface area contributed by atoms with Gasteiger partial charge in [0.05, 0.1) is 0 Å². The zero-order valence-electron chi connectivity index (χ0n) is 10.3. The second-order valence-corrected chi connectivity index (χ2v) is 5.26. The molecule has 1 aromatic heterocycles. The summed E-state index contributed by atoms with van der Waals surface area (Å²) >= 11 is 3.37. The largest absolute Gasteiger partial charge is 0.290 e. The molecule has 0 aliphatic carbocycles. The number of benzene rings is 1. The summed E-state index contributed by atoms with van der Waals surface area (Å²) in [5, 5.41) is 4.07. The number of carbonyl (C=O) groups excluding carboxylic acids is 1. The summed E-state index contributed by atoms with van der Waals surface area (Å²) in [6.07, 6.45) is 1.77. The molecule has 0 spiro atoms. The van der Waals surface area contributed by atoms with Crippen LogP contribution in [-0.2, 0) is 6.42 Å². The molecule has 0 amide bonds. The standard InChI is InChI=1S/C13H14BrN3O/c1-9(2)17-13(15-8-16-17)12(18)7-10-3-5-11(14)6-4-10/h3-6,8-9H,7H2,1-2H3. The topological polar surface area (TPSA) is 47.8 Å². The van der Waals surface area contributed by atoms with Crippen LogP contribution < -0.4 is 0 Å². The lowest BCUT2D eigenvalue weighted by Gasteiger charge is -2.08. The zero-order valence-corrected chi connectivity index (χ0v) is 11.9. The Morgan fingerprint density at radius 3 is 2.61 bits per heavy atom. The molecule has 0 aliphatic heterocycles. The number of rotatable bonds is 4. The Hall–Kier alpha value is -1.49. The van der Waals surface area contributed by atoms with Gasteiger partial charge >= 0.3 is 0 Å². The molecule has 94 valence electrons. The van der Waals surface area contributed by atoms with Gasteiger partial charge in [0.25, 0.3) is 0 Å². The minimum absolute atomic E-state index is 0.0106. The molecule has 1 aromatic carbocycles. The molecule has 0 saturated carbocycles. The normalized spacial score (nSPS) is 10.9. The van der Waals surface area contributed by atoms with Crippen LogP contribution in [0.1, 0.15) is 36.1 Å². The predicted octanol–water partition coefficient (Wildman–Crippen LogP) is 3.05. The highest BCUT2D eigenvalue weighted by Crippen LogP contribution is 2.13. The fourth-order valence-electron chi connectivity index (χ4n) is 1.69. The molecular weight excluding hydrogens is 294 g/mol. The van der Waals surface area contributed by atoms with Crippen LogP contribution in [0.4, 0.5) is 0 Å². The molecule has 0 atom stereocenters. The lowest BCUT2D eigenvalue weighted by Crippen LogP contribution is -2.15. The predicted molar refractivity (Wildman–Crippen MR) is 72.6 cm³/mol. The Kier molecular flexibility index (Phi) is 3.91. The highest BCUT2D eigenvalue weighted by molar-refractivity contribution is 9.10. The van der Waals surface area contributed by atoms with Gasteiger partial charge in [-0.05, 0) is 31.5 Å². The van der Waals surface area contributed by atoms with Crippen molar-refractivity contribution in [1.82, 2.24) is 14.8 Å².